The van der Waals surface area contributed by atoms with Gasteiger partial charge in [-0.1, -0.05) is 0 Å². The van der Waals surface area contributed by atoms with Crippen molar-refractivity contribution in [3.8, 4) is 5.75 Å². The normalized spacial score (nSPS) is 17.5. The molecule has 8 nitrogen and oxygen atoms in total. The first kappa shape index (κ1) is 20.6. The van der Waals surface area contributed by atoms with E-state index in [9.17, 15) is 14.0 Å². The molecule has 1 saturated heterocycles. The van der Waals surface area contributed by atoms with Gasteiger partial charge < -0.3 is 24.4 Å². The Hall–Kier alpha value is -2.65. The lowest BCUT2D eigenvalue weighted by Crippen LogP contribution is -2.47. The Balaban J connectivity index is 1.63. The second kappa shape index (κ2) is 8.61. The standard InChI is InChI=1S/C21H26FN3O5/c22-16-11-15-17(25(14-3-4-14)13-19(20(15)27)30-21(28)29)12-18(16)24-8-6-23(7-9-24)5-1-2-10-26/h11-14,26H,1-10H2,(H,28,29). The minimum Gasteiger partial charge on any atom is -0.449 e. The number of nitrogens with zero attached hydrogens (tertiary/aromatic N) is 3. The summed E-state index contributed by atoms with van der Waals surface area (Å²) in [4.78, 5) is 27.9. The number of piperazine rings is 1. The third kappa shape index (κ3) is 4.27. The molecule has 0 amide bonds. The Morgan fingerprint density at radius 2 is 1.90 bits per heavy atom. The Bertz CT molecular complexity index is 996. The number of pyridine rings is 1. The number of benzene rings is 1. The van der Waals surface area contributed by atoms with Crippen molar-refractivity contribution in [2.24, 2.45) is 0 Å². The summed E-state index contributed by atoms with van der Waals surface area (Å²) in [7, 11) is 0. The monoisotopic (exact) mass is 419 g/mol. The molecule has 0 spiro atoms. The molecule has 0 radical (unpaired) electrons. The van der Waals surface area contributed by atoms with Gasteiger partial charge in [-0.05, 0) is 44.4 Å². The zero-order chi connectivity index (χ0) is 21.3. The molecule has 2 N–H and O–H groups in total. The molecule has 0 unspecified atom stereocenters. The molecule has 162 valence electrons. The maximum absolute atomic E-state index is 15.0. The molecule has 9 heteroatoms. The zero-order valence-electron chi connectivity index (χ0n) is 16.7. The fourth-order valence-corrected chi connectivity index (χ4v) is 4.06. The summed E-state index contributed by atoms with van der Waals surface area (Å²) < 4.78 is 21.5. The van der Waals surface area contributed by atoms with Crippen LogP contribution in [0.3, 0.4) is 0 Å². The zero-order valence-corrected chi connectivity index (χ0v) is 16.7. The molecule has 1 aliphatic carbocycles. The van der Waals surface area contributed by atoms with Gasteiger partial charge in [0.25, 0.3) is 0 Å². The minimum atomic E-state index is -1.57. The number of unbranched alkanes of at least 4 members (excludes halogenated alkanes) is 1. The van der Waals surface area contributed by atoms with Crippen LogP contribution in [0.2, 0.25) is 0 Å². The minimum absolute atomic E-state index is 0.129. The summed E-state index contributed by atoms with van der Waals surface area (Å²) in [6.45, 7) is 4.09. The molecule has 2 fully saturated rings. The number of hydrogen-bond acceptors (Lipinski definition) is 6. The molecular formula is C21H26FN3O5. The lowest BCUT2D eigenvalue weighted by Gasteiger charge is -2.36. The van der Waals surface area contributed by atoms with Gasteiger partial charge in [-0.3, -0.25) is 9.69 Å². The average molecular weight is 419 g/mol. The van der Waals surface area contributed by atoms with E-state index in [1.54, 1.807) is 6.07 Å². The summed E-state index contributed by atoms with van der Waals surface area (Å²) in [5, 5.41) is 17.9. The number of carbonyl (C=O) groups is 1. The number of aliphatic hydroxyl groups is 1. The number of halogens is 1. The predicted molar refractivity (Wildman–Crippen MR) is 110 cm³/mol. The van der Waals surface area contributed by atoms with Crippen molar-refractivity contribution >= 4 is 22.7 Å². The predicted octanol–water partition coefficient (Wildman–Crippen LogP) is 2.43. The van der Waals surface area contributed by atoms with E-state index in [-0.39, 0.29) is 23.8 Å². The fourth-order valence-electron chi connectivity index (χ4n) is 4.06. The van der Waals surface area contributed by atoms with E-state index in [0.29, 0.717) is 24.3 Å². The van der Waals surface area contributed by atoms with Crippen LogP contribution >= 0.6 is 0 Å². The lowest BCUT2D eigenvalue weighted by atomic mass is 10.1. The molecule has 1 aromatic heterocycles. The van der Waals surface area contributed by atoms with E-state index in [2.05, 4.69) is 9.64 Å². The summed E-state index contributed by atoms with van der Waals surface area (Å²) in [5.74, 6) is -0.798. The molecular weight excluding hydrogens is 393 g/mol. The molecule has 2 aromatic rings. The van der Waals surface area contributed by atoms with E-state index >= 15 is 0 Å². The van der Waals surface area contributed by atoms with Crippen molar-refractivity contribution in [2.45, 2.75) is 31.7 Å². The van der Waals surface area contributed by atoms with Gasteiger partial charge in [0.2, 0.25) is 5.43 Å². The summed E-state index contributed by atoms with van der Waals surface area (Å²) in [6.07, 6.45) is 3.42. The van der Waals surface area contributed by atoms with Gasteiger partial charge in [0, 0.05) is 38.8 Å². The molecule has 1 saturated carbocycles. The highest BCUT2D eigenvalue weighted by Crippen LogP contribution is 2.39. The van der Waals surface area contributed by atoms with Crippen molar-refractivity contribution in [1.82, 2.24) is 9.47 Å². The quantitative estimate of drug-likeness (QED) is 0.526. The van der Waals surface area contributed by atoms with E-state index in [1.807, 2.05) is 9.47 Å². The average Bonchev–Trinajstić information content (AvgIpc) is 3.56. The maximum atomic E-state index is 15.0. The maximum Gasteiger partial charge on any atom is 0.511 e. The van der Waals surface area contributed by atoms with Crippen LogP contribution in [0.15, 0.2) is 23.1 Å². The van der Waals surface area contributed by atoms with Crippen LogP contribution in [0.5, 0.6) is 5.75 Å². The summed E-state index contributed by atoms with van der Waals surface area (Å²) >= 11 is 0. The highest BCUT2D eigenvalue weighted by Gasteiger charge is 2.28. The molecule has 1 aliphatic heterocycles. The topological polar surface area (TPSA) is 95.2 Å². The third-order valence-corrected chi connectivity index (χ3v) is 5.80. The largest absolute Gasteiger partial charge is 0.511 e. The van der Waals surface area contributed by atoms with Crippen molar-refractivity contribution in [2.75, 3.05) is 44.2 Å². The number of fused-ring (bicyclic) bond motifs is 1. The molecule has 2 aliphatic rings. The highest BCUT2D eigenvalue weighted by molar-refractivity contribution is 5.85. The second-order valence-electron chi connectivity index (χ2n) is 7.91. The van der Waals surface area contributed by atoms with Crippen molar-refractivity contribution in [3.05, 3.63) is 34.4 Å². The third-order valence-electron chi connectivity index (χ3n) is 5.80. The van der Waals surface area contributed by atoms with E-state index < -0.39 is 17.4 Å². The Morgan fingerprint density at radius 1 is 1.17 bits per heavy atom. The van der Waals surface area contributed by atoms with Gasteiger partial charge >= 0.3 is 6.16 Å². The van der Waals surface area contributed by atoms with Crippen molar-refractivity contribution in [3.63, 3.8) is 0 Å². The first-order valence-corrected chi connectivity index (χ1v) is 10.3. The Labute approximate surface area is 173 Å². The Morgan fingerprint density at radius 3 is 2.53 bits per heavy atom. The van der Waals surface area contributed by atoms with Crippen molar-refractivity contribution < 1.29 is 24.1 Å². The van der Waals surface area contributed by atoms with Crippen LogP contribution in [-0.2, 0) is 0 Å². The number of carboxylic acid groups (broad SMARTS) is 1. The van der Waals surface area contributed by atoms with Crippen LogP contribution < -0.4 is 15.1 Å². The number of aromatic nitrogens is 1. The van der Waals surface area contributed by atoms with Gasteiger partial charge in [-0.25, -0.2) is 9.18 Å². The van der Waals surface area contributed by atoms with Gasteiger partial charge in [0.15, 0.2) is 5.75 Å². The first-order valence-electron chi connectivity index (χ1n) is 10.3. The Kier molecular flexibility index (Phi) is 5.92. The molecule has 0 atom stereocenters. The number of hydrogen-bond donors (Lipinski definition) is 2. The number of ether oxygens (including phenoxy) is 1. The van der Waals surface area contributed by atoms with Gasteiger partial charge in [0.05, 0.1) is 22.8 Å². The van der Waals surface area contributed by atoms with E-state index in [0.717, 1.165) is 45.3 Å². The van der Waals surface area contributed by atoms with E-state index in [4.69, 9.17) is 10.2 Å². The second-order valence-corrected chi connectivity index (χ2v) is 7.91. The fraction of sp³-hybridized carbons (Fsp3) is 0.524. The molecule has 0 bridgehead atoms. The van der Waals surface area contributed by atoms with Gasteiger partial charge in [0.1, 0.15) is 5.82 Å². The van der Waals surface area contributed by atoms with Crippen molar-refractivity contribution in [1.29, 1.82) is 0 Å². The molecule has 30 heavy (non-hydrogen) atoms. The van der Waals surface area contributed by atoms with E-state index in [1.165, 1.54) is 12.3 Å². The molecule has 2 heterocycles. The van der Waals surface area contributed by atoms with Gasteiger partial charge in [-0.2, -0.15) is 0 Å². The number of anilines is 1. The summed E-state index contributed by atoms with van der Waals surface area (Å²) in [5.41, 5.74) is 0.434. The smallest absolute Gasteiger partial charge is 0.449 e. The van der Waals surface area contributed by atoms with Crippen LogP contribution in [0.4, 0.5) is 14.9 Å². The first-order chi connectivity index (χ1) is 14.5. The van der Waals surface area contributed by atoms with Crippen LogP contribution in [0, 0.1) is 5.82 Å². The molecule has 1 aromatic carbocycles. The van der Waals surface area contributed by atoms with Crippen LogP contribution in [-0.4, -0.2) is 65.2 Å². The van der Waals surface area contributed by atoms with Crippen LogP contribution in [0.1, 0.15) is 31.7 Å². The molecule has 4 rings (SSSR count). The highest BCUT2D eigenvalue weighted by atomic mass is 19.1. The SMILES string of the molecule is O=C(O)Oc1cn(C2CC2)c2cc(N3CCN(CCCCO)CC3)c(F)cc2c1=O. The summed E-state index contributed by atoms with van der Waals surface area (Å²) in [6, 6.07) is 3.07. The number of rotatable bonds is 7. The number of aliphatic hydroxyl groups excluding tert-OH is 1. The lowest BCUT2D eigenvalue weighted by molar-refractivity contribution is 0.143. The van der Waals surface area contributed by atoms with Gasteiger partial charge in [-0.15, -0.1) is 0 Å². The van der Waals surface area contributed by atoms with Crippen LogP contribution in [0.25, 0.3) is 10.9 Å².